The van der Waals surface area contributed by atoms with E-state index in [1.807, 2.05) is 18.2 Å². The van der Waals surface area contributed by atoms with Gasteiger partial charge in [-0.3, -0.25) is 0 Å². The molecule has 0 aromatic carbocycles. The van der Waals surface area contributed by atoms with Crippen LogP contribution in [-0.2, 0) is 0 Å². The lowest BCUT2D eigenvalue weighted by Crippen LogP contribution is -2.00. The average molecular weight is 149 g/mol. The second-order valence-electron chi connectivity index (χ2n) is 2.15. The Morgan fingerprint density at radius 2 is 2.60 bits per heavy atom. The van der Waals surface area contributed by atoms with Crippen LogP contribution in [-0.4, -0.2) is 4.86 Å². The minimum Gasteiger partial charge on any atom is -0.103 e. The van der Waals surface area contributed by atoms with Gasteiger partial charge in [-0.1, -0.05) is 30.4 Å². The van der Waals surface area contributed by atoms with Crippen molar-refractivity contribution >= 4 is 17.1 Å². The van der Waals surface area contributed by atoms with Gasteiger partial charge >= 0.3 is 0 Å². The van der Waals surface area contributed by atoms with Gasteiger partial charge < -0.3 is 0 Å². The highest BCUT2D eigenvalue weighted by atomic mass is 32.1. The largest absolute Gasteiger partial charge is 0.103 e. The zero-order valence-corrected chi connectivity index (χ0v) is 6.58. The van der Waals surface area contributed by atoms with Crippen molar-refractivity contribution in [1.82, 2.24) is 0 Å². The van der Waals surface area contributed by atoms with E-state index in [0.717, 1.165) is 23.3 Å². The summed E-state index contributed by atoms with van der Waals surface area (Å²) < 4.78 is 0. The molecule has 1 aliphatic carbocycles. The molecule has 0 N–H and O–H groups in total. The van der Waals surface area contributed by atoms with Gasteiger partial charge in [0.2, 0.25) is 0 Å². The van der Waals surface area contributed by atoms with Crippen molar-refractivity contribution in [2.24, 2.45) is 0 Å². The van der Waals surface area contributed by atoms with Crippen LogP contribution in [0.5, 0.6) is 0 Å². The lowest BCUT2D eigenvalue weighted by atomic mass is 10.0. The molecule has 51 valence electrons. The first-order valence-electron chi connectivity index (χ1n) is 3.26. The van der Waals surface area contributed by atoms with Crippen LogP contribution in [0.2, 0.25) is 0 Å². The standard InChI is InChI=1S/C9H9S/c1-2-5-8-6-3-4-7-9(8)10/h2-4H,1,5,7H2. The van der Waals surface area contributed by atoms with Crippen LogP contribution >= 0.6 is 12.2 Å². The van der Waals surface area contributed by atoms with Crippen LogP contribution < -0.4 is 0 Å². The first kappa shape index (κ1) is 7.42. The van der Waals surface area contributed by atoms with Crippen molar-refractivity contribution < 1.29 is 0 Å². The Morgan fingerprint density at radius 3 is 3.20 bits per heavy atom. The molecule has 0 amide bonds. The maximum absolute atomic E-state index is 5.09. The molecule has 0 aromatic heterocycles. The molecule has 0 heterocycles. The lowest BCUT2D eigenvalue weighted by molar-refractivity contribution is 1.27. The quantitative estimate of drug-likeness (QED) is 0.429. The summed E-state index contributed by atoms with van der Waals surface area (Å²) in [6.45, 7) is 3.64. The molecular formula is C9H9S. The van der Waals surface area contributed by atoms with E-state index >= 15 is 0 Å². The Bertz CT molecular complexity index is 209. The molecule has 0 nitrogen and oxygen atoms in total. The monoisotopic (exact) mass is 149 g/mol. The Kier molecular flexibility index (Phi) is 2.57. The van der Waals surface area contributed by atoms with E-state index in [2.05, 4.69) is 12.7 Å². The molecule has 1 heteroatoms. The van der Waals surface area contributed by atoms with Gasteiger partial charge in [0.05, 0.1) is 0 Å². The van der Waals surface area contributed by atoms with E-state index < -0.39 is 0 Å². The van der Waals surface area contributed by atoms with Crippen LogP contribution in [0.1, 0.15) is 12.8 Å². The molecular weight excluding hydrogens is 140 g/mol. The van der Waals surface area contributed by atoms with Gasteiger partial charge in [-0.2, -0.15) is 0 Å². The Morgan fingerprint density at radius 1 is 1.80 bits per heavy atom. The van der Waals surface area contributed by atoms with Crippen LogP contribution in [0.15, 0.2) is 30.4 Å². The Balaban J connectivity index is 2.70. The van der Waals surface area contributed by atoms with Crippen molar-refractivity contribution in [2.75, 3.05) is 0 Å². The van der Waals surface area contributed by atoms with Gasteiger partial charge in [-0.05, 0) is 18.1 Å². The molecule has 1 rings (SSSR count). The smallest absolute Gasteiger partial charge is 0.0231 e. The molecule has 10 heavy (non-hydrogen) atoms. The minimum atomic E-state index is 0.850. The maximum atomic E-state index is 5.09. The molecule has 0 aromatic rings. The van der Waals surface area contributed by atoms with Crippen molar-refractivity contribution in [3.63, 3.8) is 0 Å². The number of hydrogen-bond donors (Lipinski definition) is 0. The van der Waals surface area contributed by atoms with Crippen molar-refractivity contribution in [2.45, 2.75) is 12.8 Å². The zero-order chi connectivity index (χ0) is 7.40. The van der Waals surface area contributed by atoms with E-state index in [1.165, 1.54) is 0 Å². The molecule has 0 unspecified atom stereocenters. The summed E-state index contributed by atoms with van der Waals surface area (Å²) in [5.74, 6) is 0. The molecule has 1 aliphatic rings. The second kappa shape index (κ2) is 3.47. The first-order chi connectivity index (χ1) is 4.84. The first-order valence-corrected chi connectivity index (χ1v) is 3.67. The van der Waals surface area contributed by atoms with E-state index in [4.69, 9.17) is 12.2 Å². The Labute approximate surface area is 66.9 Å². The normalized spacial score (nSPS) is 16.8. The maximum Gasteiger partial charge on any atom is 0.0231 e. The van der Waals surface area contributed by atoms with E-state index in [-0.39, 0.29) is 0 Å². The predicted octanol–water partition coefficient (Wildman–Crippen LogP) is 2.62. The highest BCUT2D eigenvalue weighted by Gasteiger charge is 2.03. The fourth-order valence-corrected chi connectivity index (χ4v) is 1.08. The van der Waals surface area contributed by atoms with Crippen molar-refractivity contribution in [3.05, 3.63) is 36.5 Å². The summed E-state index contributed by atoms with van der Waals surface area (Å²) in [6.07, 6.45) is 10.6. The summed E-state index contributed by atoms with van der Waals surface area (Å²) in [5, 5.41) is 0. The summed E-state index contributed by atoms with van der Waals surface area (Å²) >= 11 is 5.09. The molecule has 0 bridgehead atoms. The van der Waals surface area contributed by atoms with Crippen molar-refractivity contribution in [1.29, 1.82) is 0 Å². The molecule has 0 aliphatic heterocycles. The minimum absolute atomic E-state index is 0.850. The summed E-state index contributed by atoms with van der Waals surface area (Å²) in [6, 6.07) is 0. The number of allylic oxidation sites excluding steroid dienone is 5. The third-order valence-electron chi connectivity index (χ3n) is 1.36. The molecule has 0 atom stereocenters. The topological polar surface area (TPSA) is 0 Å². The second-order valence-corrected chi connectivity index (χ2v) is 2.64. The Hall–Kier alpha value is -0.690. The highest BCUT2D eigenvalue weighted by Crippen LogP contribution is 2.12. The van der Waals surface area contributed by atoms with Crippen LogP contribution in [0, 0.1) is 6.08 Å². The predicted molar refractivity (Wildman–Crippen MR) is 47.9 cm³/mol. The molecule has 0 saturated carbocycles. The third kappa shape index (κ3) is 1.64. The zero-order valence-electron chi connectivity index (χ0n) is 5.76. The fourth-order valence-electron chi connectivity index (χ4n) is 0.846. The lowest BCUT2D eigenvalue weighted by Gasteiger charge is -2.05. The van der Waals surface area contributed by atoms with Gasteiger partial charge in [0, 0.05) is 11.3 Å². The van der Waals surface area contributed by atoms with Gasteiger partial charge in [0.25, 0.3) is 0 Å². The molecule has 0 fully saturated rings. The molecule has 0 spiro atoms. The van der Waals surface area contributed by atoms with E-state index in [9.17, 15) is 0 Å². The number of hydrogen-bond acceptors (Lipinski definition) is 1. The summed E-state index contributed by atoms with van der Waals surface area (Å²) in [5.41, 5.74) is 1.12. The van der Waals surface area contributed by atoms with Crippen molar-refractivity contribution in [3.8, 4) is 0 Å². The van der Waals surface area contributed by atoms with Gasteiger partial charge in [-0.25, -0.2) is 0 Å². The molecule has 0 saturated heterocycles. The fraction of sp³-hybridized carbons (Fsp3) is 0.222. The number of rotatable bonds is 2. The highest BCUT2D eigenvalue weighted by molar-refractivity contribution is 7.80. The van der Waals surface area contributed by atoms with Crippen LogP contribution in [0.4, 0.5) is 0 Å². The average Bonchev–Trinajstić information content (AvgIpc) is 1.94. The molecule has 1 radical (unpaired) electrons. The van der Waals surface area contributed by atoms with Gasteiger partial charge in [0.15, 0.2) is 0 Å². The van der Waals surface area contributed by atoms with E-state index in [0.29, 0.717) is 0 Å². The van der Waals surface area contributed by atoms with Gasteiger partial charge in [-0.15, -0.1) is 6.58 Å². The summed E-state index contributed by atoms with van der Waals surface area (Å²) in [7, 11) is 0. The van der Waals surface area contributed by atoms with E-state index in [1.54, 1.807) is 0 Å². The van der Waals surface area contributed by atoms with Crippen LogP contribution in [0.25, 0.3) is 0 Å². The third-order valence-corrected chi connectivity index (χ3v) is 1.78. The summed E-state index contributed by atoms with van der Waals surface area (Å²) in [4.78, 5) is 1.00. The SMILES string of the molecule is C=CCC1=[C]C=CCC1=S. The van der Waals surface area contributed by atoms with Crippen LogP contribution in [0.3, 0.4) is 0 Å². The number of thiocarbonyl (C=S) groups is 1. The van der Waals surface area contributed by atoms with Gasteiger partial charge in [0.1, 0.15) is 0 Å².